The molecule has 0 unspecified atom stereocenters. The molecule has 0 aliphatic carbocycles. The minimum Gasteiger partial charge on any atom is -0.453 e. The first-order valence-electron chi connectivity index (χ1n) is 11.5. The van der Waals surface area contributed by atoms with Gasteiger partial charge in [0.2, 0.25) is 0 Å². The standard InChI is InChI=1S/C31H18N2O/c1-2-9-20(10-3-1)33-27-13-7-6-12-22(27)26-18-32-28-25(29(26)33)17-16-24-23-15-14-19-8-4-5-11-21(19)30(23)34-31(24)28/h1-18H. The maximum absolute atomic E-state index is 6.58. The zero-order valence-electron chi connectivity index (χ0n) is 18.2. The third-order valence-electron chi connectivity index (χ3n) is 7.01. The first kappa shape index (κ1) is 17.9. The topological polar surface area (TPSA) is 31.0 Å². The predicted octanol–water partition coefficient (Wildman–Crippen LogP) is 8.38. The molecule has 0 N–H and O–H groups in total. The number of benzene rings is 5. The van der Waals surface area contributed by atoms with Gasteiger partial charge < -0.3 is 8.98 Å². The highest BCUT2D eigenvalue weighted by Gasteiger charge is 2.19. The van der Waals surface area contributed by atoms with Crippen molar-refractivity contribution in [1.82, 2.24) is 9.55 Å². The first-order chi connectivity index (χ1) is 16.9. The molecule has 0 aliphatic heterocycles. The molecule has 3 aromatic heterocycles. The molecule has 8 aromatic rings. The van der Waals surface area contributed by atoms with Crippen molar-refractivity contribution in [2.75, 3.05) is 0 Å². The van der Waals surface area contributed by atoms with Gasteiger partial charge in [-0.1, -0.05) is 66.7 Å². The molecule has 0 fully saturated rings. The minimum atomic E-state index is 0.843. The molecule has 0 spiro atoms. The van der Waals surface area contributed by atoms with Gasteiger partial charge in [-0.05, 0) is 41.8 Å². The van der Waals surface area contributed by atoms with Crippen LogP contribution in [-0.4, -0.2) is 9.55 Å². The van der Waals surface area contributed by atoms with Gasteiger partial charge in [-0.3, -0.25) is 4.98 Å². The summed E-state index contributed by atoms with van der Waals surface area (Å²) in [6.45, 7) is 0. The Hall–Kier alpha value is -4.63. The Morgan fingerprint density at radius 2 is 1.24 bits per heavy atom. The zero-order valence-corrected chi connectivity index (χ0v) is 18.2. The third-order valence-corrected chi connectivity index (χ3v) is 7.01. The van der Waals surface area contributed by atoms with E-state index in [1.165, 1.54) is 16.3 Å². The van der Waals surface area contributed by atoms with Gasteiger partial charge in [-0.15, -0.1) is 0 Å². The Labute approximate surface area is 194 Å². The molecule has 3 heteroatoms. The van der Waals surface area contributed by atoms with E-state index in [1.54, 1.807) is 0 Å². The van der Waals surface area contributed by atoms with Crippen molar-refractivity contribution < 1.29 is 4.42 Å². The molecule has 0 saturated carbocycles. The number of fused-ring (bicyclic) bond motifs is 11. The largest absolute Gasteiger partial charge is 0.453 e. The number of para-hydroxylation sites is 2. The summed E-state index contributed by atoms with van der Waals surface area (Å²) in [6.07, 6.45) is 2.00. The van der Waals surface area contributed by atoms with Crippen LogP contribution < -0.4 is 0 Å². The molecule has 0 radical (unpaired) electrons. The summed E-state index contributed by atoms with van der Waals surface area (Å²) in [4.78, 5) is 4.96. The smallest absolute Gasteiger partial charge is 0.161 e. The van der Waals surface area contributed by atoms with Crippen LogP contribution in [0.25, 0.3) is 71.1 Å². The van der Waals surface area contributed by atoms with Crippen LogP contribution in [0.15, 0.2) is 114 Å². The third kappa shape index (κ3) is 2.23. The second-order valence-corrected chi connectivity index (χ2v) is 8.81. The fraction of sp³-hybridized carbons (Fsp3) is 0. The van der Waals surface area contributed by atoms with Crippen molar-refractivity contribution in [3.05, 3.63) is 109 Å². The maximum Gasteiger partial charge on any atom is 0.161 e. The van der Waals surface area contributed by atoms with Crippen molar-refractivity contribution in [1.29, 1.82) is 0 Å². The molecule has 158 valence electrons. The van der Waals surface area contributed by atoms with Crippen LogP contribution in [-0.2, 0) is 0 Å². The Morgan fingerprint density at radius 1 is 0.529 bits per heavy atom. The monoisotopic (exact) mass is 434 g/mol. The normalized spacial score (nSPS) is 12.1. The van der Waals surface area contributed by atoms with Crippen molar-refractivity contribution in [3.63, 3.8) is 0 Å². The van der Waals surface area contributed by atoms with Gasteiger partial charge in [-0.25, -0.2) is 0 Å². The number of nitrogens with zero attached hydrogens (tertiary/aromatic N) is 2. The molecule has 3 heterocycles. The first-order valence-corrected chi connectivity index (χ1v) is 11.5. The number of hydrogen-bond acceptors (Lipinski definition) is 2. The number of aromatic nitrogens is 2. The average molecular weight is 434 g/mol. The highest BCUT2D eigenvalue weighted by molar-refractivity contribution is 6.24. The molecule has 0 bridgehead atoms. The SMILES string of the molecule is c1ccc(-n2c3ccccc3c3cnc4c(ccc5c6ccc7ccccc7c6oc54)c32)cc1. The molecule has 0 saturated heterocycles. The van der Waals surface area contributed by atoms with Crippen LogP contribution >= 0.6 is 0 Å². The number of rotatable bonds is 1. The van der Waals surface area contributed by atoms with Crippen LogP contribution in [0.5, 0.6) is 0 Å². The fourth-order valence-electron chi connectivity index (χ4n) is 5.51. The number of furan rings is 1. The summed E-state index contributed by atoms with van der Waals surface area (Å²) in [6, 6.07) is 36.2. The molecule has 34 heavy (non-hydrogen) atoms. The van der Waals surface area contributed by atoms with E-state index in [1.807, 2.05) is 6.20 Å². The van der Waals surface area contributed by atoms with Crippen molar-refractivity contribution >= 4 is 65.4 Å². The summed E-state index contributed by atoms with van der Waals surface area (Å²) in [5.74, 6) is 0. The lowest BCUT2D eigenvalue weighted by Gasteiger charge is -2.09. The molecule has 0 atom stereocenters. The van der Waals surface area contributed by atoms with Crippen molar-refractivity contribution in [2.45, 2.75) is 0 Å². The van der Waals surface area contributed by atoms with Gasteiger partial charge in [-0.2, -0.15) is 0 Å². The van der Waals surface area contributed by atoms with Gasteiger partial charge in [0.1, 0.15) is 11.1 Å². The maximum atomic E-state index is 6.58. The summed E-state index contributed by atoms with van der Waals surface area (Å²) in [5, 5.41) is 7.97. The van der Waals surface area contributed by atoms with E-state index in [0.29, 0.717) is 0 Å². The van der Waals surface area contributed by atoms with Gasteiger partial charge in [0, 0.05) is 44.2 Å². The Bertz CT molecular complexity index is 2060. The lowest BCUT2D eigenvalue weighted by atomic mass is 10.0. The molecule has 5 aromatic carbocycles. The summed E-state index contributed by atoms with van der Waals surface area (Å²) >= 11 is 0. The van der Waals surface area contributed by atoms with Crippen LogP contribution in [0.3, 0.4) is 0 Å². The summed E-state index contributed by atoms with van der Waals surface area (Å²) < 4.78 is 8.92. The molecule has 3 nitrogen and oxygen atoms in total. The van der Waals surface area contributed by atoms with E-state index < -0.39 is 0 Å². The highest BCUT2D eigenvalue weighted by Crippen LogP contribution is 2.41. The molecule has 0 aliphatic rings. The van der Waals surface area contributed by atoms with Crippen LogP contribution in [0, 0.1) is 0 Å². The van der Waals surface area contributed by atoms with E-state index in [9.17, 15) is 0 Å². The highest BCUT2D eigenvalue weighted by atomic mass is 16.3. The molecule has 0 amide bonds. The van der Waals surface area contributed by atoms with Gasteiger partial charge >= 0.3 is 0 Å². The van der Waals surface area contributed by atoms with Gasteiger partial charge in [0.25, 0.3) is 0 Å². The van der Waals surface area contributed by atoms with Gasteiger partial charge in [0.15, 0.2) is 5.58 Å². The lowest BCUT2D eigenvalue weighted by Crippen LogP contribution is -1.94. The predicted molar refractivity (Wildman–Crippen MR) is 141 cm³/mol. The van der Waals surface area contributed by atoms with E-state index in [-0.39, 0.29) is 0 Å². The molecule has 8 rings (SSSR count). The number of pyridine rings is 1. The second kappa shape index (κ2) is 6.46. The van der Waals surface area contributed by atoms with E-state index in [2.05, 4.69) is 108 Å². The molecular weight excluding hydrogens is 416 g/mol. The summed E-state index contributed by atoms with van der Waals surface area (Å²) in [7, 11) is 0. The zero-order chi connectivity index (χ0) is 22.2. The Balaban J connectivity index is 1.58. The summed E-state index contributed by atoms with van der Waals surface area (Å²) in [5.41, 5.74) is 6.13. The minimum absolute atomic E-state index is 0.843. The Morgan fingerprint density at radius 3 is 2.15 bits per heavy atom. The van der Waals surface area contributed by atoms with Crippen molar-refractivity contribution in [2.24, 2.45) is 0 Å². The van der Waals surface area contributed by atoms with Crippen molar-refractivity contribution in [3.8, 4) is 5.69 Å². The number of hydrogen-bond donors (Lipinski definition) is 0. The average Bonchev–Trinajstić information content (AvgIpc) is 3.45. The van der Waals surface area contributed by atoms with E-state index in [4.69, 9.17) is 9.40 Å². The van der Waals surface area contributed by atoms with Crippen LogP contribution in [0.4, 0.5) is 0 Å². The quantitative estimate of drug-likeness (QED) is 0.260. The van der Waals surface area contributed by atoms with Crippen LogP contribution in [0.1, 0.15) is 0 Å². The van der Waals surface area contributed by atoms with E-state index >= 15 is 0 Å². The second-order valence-electron chi connectivity index (χ2n) is 8.81. The Kier molecular flexibility index (Phi) is 3.39. The fourth-order valence-corrected chi connectivity index (χ4v) is 5.51. The molecular formula is C31H18N2O. The van der Waals surface area contributed by atoms with Gasteiger partial charge in [0.05, 0.1) is 11.0 Å². The lowest BCUT2D eigenvalue weighted by molar-refractivity contribution is 0.675. The van der Waals surface area contributed by atoms with E-state index in [0.717, 1.165) is 54.8 Å². The van der Waals surface area contributed by atoms with Crippen LogP contribution in [0.2, 0.25) is 0 Å².